The quantitative estimate of drug-likeness (QED) is 0.714. The lowest BCUT2D eigenvalue weighted by atomic mass is 10.2. The lowest BCUT2D eigenvalue weighted by Crippen LogP contribution is -2.42. The summed E-state index contributed by atoms with van der Waals surface area (Å²) in [6.45, 7) is 8.03. The van der Waals surface area contributed by atoms with Gasteiger partial charge in [0.1, 0.15) is 6.04 Å². The molecule has 1 aromatic rings. The fourth-order valence-corrected chi connectivity index (χ4v) is 2.83. The molecule has 0 aliphatic carbocycles. The van der Waals surface area contributed by atoms with Crippen molar-refractivity contribution in [3.63, 3.8) is 0 Å². The number of hydrogen-bond acceptors (Lipinski definition) is 4. The van der Waals surface area contributed by atoms with E-state index in [0.717, 1.165) is 11.3 Å². The highest BCUT2D eigenvalue weighted by molar-refractivity contribution is 7.99. The van der Waals surface area contributed by atoms with Gasteiger partial charge < -0.3 is 15.2 Å². The SMILES string of the molecule is Cc1cccc(CSCC(=O)NC(CCOC(C)(C)C)C(=O)O)c1. The predicted octanol–water partition coefficient (Wildman–Crippen LogP) is 3.00. The van der Waals surface area contributed by atoms with Gasteiger partial charge in [0.15, 0.2) is 0 Å². The van der Waals surface area contributed by atoms with Crippen LogP contribution in [0.25, 0.3) is 0 Å². The zero-order valence-corrected chi connectivity index (χ0v) is 15.6. The van der Waals surface area contributed by atoms with E-state index < -0.39 is 12.0 Å². The molecule has 1 aromatic carbocycles. The standard InChI is InChI=1S/C18H27NO4S/c1-13-6-5-7-14(10-13)11-24-12-16(20)19-15(17(21)22)8-9-23-18(2,3)4/h5-7,10,15H,8-9,11-12H2,1-4H3,(H,19,20)(H,21,22). The average Bonchev–Trinajstić information content (AvgIpc) is 2.45. The normalized spacial score (nSPS) is 12.7. The molecule has 0 aromatic heterocycles. The molecule has 1 atom stereocenters. The van der Waals surface area contributed by atoms with Crippen molar-refractivity contribution < 1.29 is 19.4 Å². The van der Waals surface area contributed by atoms with Gasteiger partial charge in [0.05, 0.1) is 11.4 Å². The first-order valence-electron chi connectivity index (χ1n) is 7.97. The maximum Gasteiger partial charge on any atom is 0.326 e. The molecule has 5 nitrogen and oxygen atoms in total. The van der Waals surface area contributed by atoms with E-state index in [4.69, 9.17) is 4.74 Å². The van der Waals surface area contributed by atoms with Crippen LogP contribution in [0.4, 0.5) is 0 Å². The van der Waals surface area contributed by atoms with E-state index >= 15 is 0 Å². The lowest BCUT2D eigenvalue weighted by Gasteiger charge is -2.21. The minimum Gasteiger partial charge on any atom is -0.480 e. The Balaban J connectivity index is 2.35. The van der Waals surface area contributed by atoms with Gasteiger partial charge in [0.25, 0.3) is 0 Å². The zero-order chi connectivity index (χ0) is 18.2. The van der Waals surface area contributed by atoms with Crippen LogP contribution in [0.15, 0.2) is 24.3 Å². The fourth-order valence-electron chi connectivity index (χ4n) is 2.04. The molecule has 0 aliphatic rings. The second-order valence-electron chi connectivity index (χ2n) is 6.69. The monoisotopic (exact) mass is 353 g/mol. The Morgan fingerprint density at radius 3 is 2.62 bits per heavy atom. The molecule has 134 valence electrons. The number of benzene rings is 1. The van der Waals surface area contributed by atoms with Gasteiger partial charge in [-0.2, -0.15) is 0 Å². The molecule has 0 saturated heterocycles. The van der Waals surface area contributed by atoms with Gasteiger partial charge >= 0.3 is 5.97 Å². The molecule has 0 saturated carbocycles. The minimum absolute atomic E-state index is 0.234. The summed E-state index contributed by atoms with van der Waals surface area (Å²) in [5.41, 5.74) is 2.01. The fraction of sp³-hybridized carbons (Fsp3) is 0.556. The number of carboxylic acid groups (broad SMARTS) is 1. The van der Waals surface area contributed by atoms with Gasteiger partial charge in [-0.25, -0.2) is 4.79 Å². The van der Waals surface area contributed by atoms with Crippen molar-refractivity contribution >= 4 is 23.6 Å². The Morgan fingerprint density at radius 2 is 2.04 bits per heavy atom. The molecule has 0 spiro atoms. The summed E-state index contributed by atoms with van der Waals surface area (Å²) in [4.78, 5) is 23.2. The molecule has 1 unspecified atom stereocenters. The summed E-state index contributed by atoms with van der Waals surface area (Å²) in [6, 6.07) is 7.19. The third-order valence-electron chi connectivity index (χ3n) is 3.16. The lowest BCUT2D eigenvalue weighted by molar-refractivity contribution is -0.142. The number of aliphatic carboxylic acids is 1. The van der Waals surface area contributed by atoms with Gasteiger partial charge in [-0.05, 0) is 33.3 Å². The van der Waals surface area contributed by atoms with E-state index in [1.54, 1.807) is 0 Å². The highest BCUT2D eigenvalue weighted by atomic mass is 32.2. The molecule has 2 N–H and O–H groups in total. The molecule has 0 aliphatic heterocycles. The van der Waals surface area contributed by atoms with Crippen molar-refractivity contribution in [1.29, 1.82) is 0 Å². The summed E-state index contributed by atoms with van der Waals surface area (Å²) in [7, 11) is 0. The number of aryl methyl sites for hydroxylation is 1. The molecule has 0 bridgehead atoms. The first kappa shape index (κ1) is 20.5. The van der Waals surface area contributed by atoms with Crippen LogP contribution in [0.2, 0.25) is 0 Å². The van der Waals surface area contributed by atoms with Crippen molar-refractivity contribution in [2.24, 2.45) is 0 Å². The van der Waals surface area contributed by atoms with Crippen molar-refractivity contribution in [3.8, 4) is 0 Å². The third-order valence-corrected chi connectivity index (χ3v) is 4.16. The van der Waals surface area contributed by atoms with Crippen LogP contribution >= 0.6 is 11.8 Å². The van der Waals surface area contributed by atoms with Crippen LogP contribution in [0.3, 0.4) is 0 Å². The highest BCUT2D eigenvalue weighted by Crippen LogP contribution is 2.13. The van der Waals surface area contributed by atoms with Crippen LogP contribution < -0.4 is 5.32 Å². The minimum atomic E-state index is -1.04. The zero-order valence-electron chi connectivity index (χ0n) is 14.8. The summed E-state index contributed by atoms with van der Waals surface area (Å²) in [5, 5.41) is 11.8. The van der Waals surface area contributed by atoms with Crippen LogP contribution in [0, 0.1) is 6.92 Å². The van der Waals surface area contributed by atoms with Gasteiger partial charge in [-0.15, -0.1) is 11.8 Å². The third kappa shape index (κ3) is 8.93. The van der Waals surface area contributed by atoms with E-state index in [-0.39, 0.29) is 30.3 Å². The Bertz CT molecular complexity index is 554. The smallest absolute Gasteiger partial charge is 0.326 e. The topological polar surface area (TPSA) is 75.6 Å². The Labute approximate surface area is 148 Å². The van der Waals surface area contributed by atoms with Gasteiger partial charge in [0, 0.05) is 18.8 Å². The van der Waals surface area contributed by atoms with Gasteiger partial charge in [0.2, 0.25) is 5.91 Å². The summed E-state index contributed by atoms with van der Waals surface area (Å²) >= 11 is 1.47. The number of carbonyl (C=O) groups excluding carboxylic acids is 1. The second-order valence-corrected chi connectivity index (χ2v) is 7.68. The molecule has 1 amide bonds. The van der Waals surface area contributed by atoms with E-state index in [1.807, 2.05) is 45.9 Å². The summed E-state index contributed by atoms with van der Waals surface area (Å²) in [5.74, 6) is -0.349. The molecule has 24 heavy (non-hydrogen) atoms. The van der Waals surface area contributed by atoms with Crippen LogP contribution in [0.5, 0.6) is 0 Å². The van der Waals surface area contributed by atoms with Crippen molar-refractivity contribution in [3.05, 3.63) is 35.4 Å². The molecule has 0 heterocycles. The van der Waals surface area contributed by atoms with Gasteiger partial charge in [-0.1, -0.05) is 29.8 Å². The molecule has 0 fully saturated rings. The summed E-state index contributed by atoms with van der Waals surface area (Å²) < 4.78 is 5.52. The van der Waals surface area contributed by atoms with Crippen LogP contribution in [0.1, 0.15) is 38.3 Å². The number of rotatable bonds is 9. The largest absolute Gasteiger partial charge is 0.480 e. The molecular formula is C18H27NO4S. The Hall–Kier alpha value is -1.53. The van der Waals surface area contributed by atoms with Crippen LogP contribution in [-0.4, -0.2) is 41.0 Å². The first-order chi connectivity index (χ1) is 11.2. The van der Waals surface area contributed by atoms with Crippen molar-refractivity contribution in [2.75, 3.05) is 12.4 Å². The second kappa shape index (κ2) is 9.69. The van der Waals surface area contributed by atoms with E-state index in [2.05, 4.69) is 11.4 Å². The number of carbonyl (C=O) groups is 2. The number of nitrogens with one attached hydrogen (secondary N) is 1. The number of amides is 1. The Kier molecular flexibility index (Phi) is 8.28. The number of hydrogen-bond donors (Lipinski definition) is 2. The average molecular weight is 353 g/mol. The highest BCUT2D eigenvalue weighted by Gasteiger charge is 2.21. The molecule has 1 rings (SSSR count). The van der Waals surface area contributed by atoms with E-state index in [1.165, 1.54) is 17.3 Å². The number of thioether (sulfide) groups is 1. The summed E-state index contributed by atoms with van der Waals surface area (Å²) in [6.07, 6.45) is 0.251. The van der Waals surface area contributed by atoms with Gasteiger partial charge in [-0.3, -0.25) is 4.79 Å². The first-order valence-corrected chi connectivity index (χ1v) is 9.12. The van der Waals surface area contributed by atoms with Crippen LogP contribution in [-0.2, 0) is 20.1 Å². The van der Waals surface area contributed by atoms with Crippen molar-refractivity contribution in [1.82, 2.24) is 5.32 Å². The number of ether oxygens (including phenoxy) is 1. The van der Waals surface area contributed by atoms with E-state index in [9.17, 15) is 14.7 Å². The Morgan fingerprint density at radius 1 is 1.33 bits per heavy atom. The predicted molar refractivity (Wildman–Crippen MR) is 97.2 cm³/mol. The molecular weight excluding hydrogens is 326 g/mol. The number of carboxylic acids is 1. The van der Waals surface area contributed by atoms with E-state index in [0.29, 0.717) is 0 Å². The molecule has 0 radical (unpaired) electrons. The van der Waals surface area contributed by atoms with Crippen molar-refractivity contribution in [2.45, 2.75) is 51.5 Å². The maximum atomic E-state index is 11.9. The molecule has 6 heteroatoms. The maximum absolute atomic E-state index is 11.9.